The van der Waals surface area contributed by atoms with Gasteiger partial charge in [-0.3, -0.25) is 9.89 Å². The fourth-order valence-corrected chi connectivity index (χ4v) is 4.26. The predicted molar refractivity (Wildman–Crippen MR) is 97.9 cm³/mol. The van der Waals surface area contributed by atoms with Crippen LogP contribution in [0.25, 0.3) is 0 Å². The molecule has 3 aliphatic rings. The lowest BCUT2D eigenvalue weighted by molar-refractivity contribution is 0.0650. The summed E-state index contributed by atoms with van der Waals surface area (Å²) in [4.78, 5) is 15.5. The fraction of sp³-hybridized carbons (Fsp3) is 0.474. The number of aromatic nitrogens is 2. The summed E-state index contributed by atoms with van der Waals surface area (Å²) in [6.07, 6.45) is 5.26. The molecular weight excluding hydrogens is 336 g/mol. The zero-order chi connectivity index (χ0) is 16.1. The minimum Gasteiger partial charge on any atom is -0.327 e. The van der Waals surface area contributed by atoms with E-state index in [-0.39, 0.29) is 24.4 Å². The van der Waals surface area contributed by atoms with E-state index >= 15 is 0 Å². The molecule has 5 nitrogen and oxygen atoms in total. The van der Waals surface area contributed by atoms with E-state index in [4.69, 9.17) is 0 Å². The Morgan fingerprint density at radius 2 is 2.00 bits per heavy atom. The second-order valence-electron chi connectivity index (χ2n) is 7.15. The van der Waals surface area contributed by atoms with Crippen molar-refractivity contribution in [3.8, 4) is 0 Å². The lowest BCUT2D eigenvalue weighted by atomic mass is 10.0. The number of aromatic amines is 1. The Kier molecular flexibility index (Phi) is 4.29. The van der Waals surface area contributed by atoms with E-state index < -0.39 is 0 Å². The molecule has 1 fully saturated rings. The van der Waals surface area contributed by atoms with Crippen molar-refractivity contribution >= 4 is 18.3 Å². The Morgan fingerprint density at radius 1 is 1.16 bits per heavy atom. The molecule has 2 N–H and O–H groups in total. The zero-order valence-electron chi connectivity index (χ0n) is 14.1. The summed E-state index contributed by atoms with van der Waals surface area (Å²) in [6, 6.07) is 9.18. The largest absolute Gasteiger partial charge is 0.327 e. The van der Waals surface area contributed by atoms with Crippen molar-refractivity contribution in [2.45, 2.75) is 50.7 Å². The third kappa shape index (κ3) is 2.75. The molecule has 2 heterocycles. The Labute approximate surface area is 153 Å². The Balaban J connectivity index is 0.00000157. The number of aryl methyl sites for hydroxylation is 1. The van der Waals surface area contributed by atoms with Crippen molar-refractivity contribution in [1.82, 2.24) is 20.4 Å². The monoisotopic (exact) mass is 358 g/mol. The van der Waals surface area contributed by atoms with Gasteiger partial charge in [0.2, 0.25) is 0 Å². The molecule has 2 aliphatic carbocycles. The number of halogens is 1. The molecule has 132 valence electrons. The van der Waals surface area contributed by atoms with Crippen molar-refractivity contribution in [3.05, 3.63) is 52.3 Å². The Morgan fingerprint density at radius 3 is 2.84 bits per heavy atom. The summed E-state index contributed by atoms with van der Waals surface area (Å²) in [5.74, 6) is 0.111. The highest BCUT2D eigenvalue weighted by Crippen LogP contribution is 2.42. The molecule has 2 aromatic rings. The van der Waals surface area contributed by atoms with Crippen LogP contribution in [-0.4, -0.2) is 33.6 Å². The molecule has 1 atom stereocenters. The standard InChI is InChI=1S/C19H22N4O.ClH/c24-19(18-15-11-20-10-9-16(15)21-22-18)23(13-6-7-13)17-8-5-12-3-1-2-4-14(12)17;/h1-4,13,17,20H,5-11H2,(H,21,22);1H. The number of hydrogen-bond acceptors (Lipinski definition) is 3. The predicted octanol–water partition coefficient (Wildman–Crippen LogP) is 2.77. The number of nitrogens with one attached hydrogen (secondary N) is 2. The molecule has 1 aromatic carbocycles. The lowest BCUT2D eigenvalue weighted by Gasteiger charge is -2.30. The van der Waals surface area contributed by atoms with Crippen molar-refractivity contribution in [1.29, 1.82) is 0 Å². The SMILES string of the molecule is Cl.O=C(c1n[nH]c2c1CNCC2)N(C1CC1)C1CCc2ccccc21. The molecule has 1 unspecified atom stereocenters. The average molecular weight is 359 g/mol. The van der Waals surface area contributed by atoms with Gasteiger partial charge in [0.1, 0.15) is 0 Å². The van der Waals surface area contributed by atoms with Gasteiger partial charge in [0.05, 0.1) is 6.04 Å². The molecule has 25 heavy (non-hydrogen) atoms. The van der Waals surface area contributed by atoms with Gasteiger partial charge in [0, 0.05) is 36.8 Å². The van der Waals surface area contributed by atoms with E-state index in [9.17, 15) is 4.79 Å². The summed E-state index contributed by atoms with van der Waals surface area (Å²) in [5, 5.41) is 10.9. The summed E-state index contributed by atoms with van der Waals surface area (Å²) in [5.41, 5.74) is 5.56. The summed E-state index contributed by atoms with van der Waals surface area (Å²) in [7, 11) is 0. The van der Waals surface area contributed by atoms with E-state index in [1.165, 1.54) is 11.1 Å². The highest BCUT2D eigenvalue weighted by atomic mass is 35.5. The van der Waals surface area contributed by atoms with Gasteiger partial charge in [-0.15, -0.1) is 12.4 Å². The molecule has 0 saturated heterocycles. The van der Waals surface area contributed by atoms with Gasteiger partial charge in [-0.2, -0.15) is 5.10 Å². The first kappa shape index (κ1) is 16.6. The van der Waals surface area contributed by atoms with Gasteiger partial charge in [-0.25, -0.2) is 0 Å². The maximum absolute atomic E-state index is 13.4. The van der Waals surface area contributed by atoms with Gasteiger partial charge in [-0.1, -0.05) is 24.3 Å². The van der Waals surface area contributed by atoms with Gasteiger partial charge >= 0.3 is 0 Å². The summed E-state index contributed by atoms with van der Waals surface area (Å²) in [6.45, 7) is 1.69. The number of benzene rings is 1. The average Bonchev–Trinajstić information content (AvgIpc) is 3.21. The summed E-state index contributed by atoms with van der Waals surface area (Å²) >= 11 is 0. The van der Waals surface area contributed by atoms with Crippen LogP contribution in [-0.2, 0) is 19.4 Å². The number of H-pyrrole nitrogens is 1. The maximum Gasteiger partial charge on any atom is 0.275 e. The first-order valence-electron chi connectivity index (χ1n) is 9.00. The number of nitrogens with zero attached hydrogens (tertiary/aromatic N) is 2. The van der Waals surface area contributed by atoms with Crippen LogP contribution in [0.3, 0.4) is 0 Å². The fourth-order valence-electron chi connectivity index (χ4n) is 4.26. The molecule has 1 aliphatic heterocycles. The summed E-state index contributed by atoms with van der Waals surface area (Å²) < 4.78 is 0. The van der Waals surface area contributed by atoms with Crippen LogP contribution >= 0.6 is 12.4 Å². The second kappa shape index (κ2) is 6.46. The second-order valence-corrected chi connectivity index (χ2v) is 7.15. The minimum atomic E-state index is 0. The minimum absolute atomic E-state index is 0. The molecule has 0 spiro atoms. The van der Waals surface area contributed by atoms with Crippen LogP contribution in [0, 0.1) is 0 Å². The van der Waals surface area contributed by atoms with E-state index in [2.05, 4.69) is 44.7 Å². The maximum atomic E-state index is 13.4. The number of fused-ring (bicyclic) bond motifs is 2. The van der Waals surface area contributed by atoms with Crippen molar-refractivity contribution in [2.75, 3.05) is 6.54 Å². The molecule has 6 heteroatoms. The topological polar surface area (TPSA) is 61.0 Å². The third-order valence-electron chi connectivity index (χ3n) is 5.62. The zero-order valence-corrected chi connectivity index (χ0v) is 14.9. The van der Waals surface area contributed by atoms with E-state index in [1.807, 2.05) is 0 Å². The quantitative estimate of drug-likeness (QED) is 0.886. The number of rotatable bonds is 3. The normalized spacial score (nSPS) is 21.2. The van der Waals surface area contributed by atoms with Crippen LogP contribution < -0.4 is 5.32 Å². The van der Waals surface area contributed by atoms with Crippen molar-refractivity contribution in [3.63, 3.8) is 0 Å². The number of carbonyl (C=O) groups excluding carboxylic acids is 1. The lowest BCUT2D eigenvalue weighted by Crippen LogP contribution is -2.37. The first-order chi connectivity index (χ1) is 11.8. The van der Waals surface area contributed by atoms with Crippen LogP contribution in [0.2, 0.25) is 0 Å². The first-order valence-corrected chi connectivity index (χ1v) is 9.00. The van der Waals surface area contributed by atoms with Crippen LogP contribution in [0.1, 0.15) is 58.2 Å². The van der Waals surface area contributed by atoms with Crippen LogP contribution in [0.4, 0.5) is 0 Å². The smallest absolute Gasteiger partial charge is 0.275 e. The third-order valence-corrected chi connectivity index (χ3v) is 5.62. The molecular formula is C19H23ClN4O. The van der Waals surface area contributed by atoms with Crippen LogP contribution in [0.5, 0.6) is 0 Å². The molecule has 0 radical (unpaired) electrons. The molecule has 0 bridgehead atoms. The van der Waals surface area contributed by atoms with Gasteiger partial charge in [0.25, 0.3) is 5.91 Å². The van der Waals surface area contributed by atoms with Crippen LogP contribution in [0.15, 0.2) is 24.3 Å². The highest BCUT2D eigenvalue weighted by Gasteiger charge is 2.42. The van der Waals surface area contributed by atoms with Crippen molar-refractivity contribution < 1.29 is 4.79 Å². The highest BCUT2D eigenvalue weighted by molar-refractivity contribution is 5.95. The van der Waals surface area contributed by atoms with E-state index in [1.54, 1.807) is 0 Å². The number of carbonyl (C=O) groups is 1. The number of amides is 1. The van der Waals surface area contributed by atoms with E-state index in [0.29, 0.717) is 11.7 Å². The molecule has 1 saturated carbocycles. The molecule has 1 amide bonds. The van der Waals surface area contributed by atoms with Crippen molar-refractivity contribution in [2.24, 2.45) is 0 Å². The molecule has 1 aromatic heterocycles. The Hall–Kier alpha value is -1.85. The van der Waals surface area contributed by atoms with Gasteiger partial charge in [0.15, 0.2) is 5.69 Å². The van der Waals surface area contributed by atoms with Gasteiger partial charge < -0.3 is 10.2 Å². The molecule has 5 rings (SSSR count). The number of hydrogen-bond donors (Lipinski definition) is 2. The van der Waals surface area contributed by atoms with E-state index in [0.717, 1.165) is 56.5 Å². The Bertz CT molecular complexity index is 798. The van der Waals surface area contributed by atoms with Gasteiger partial charge in [-0.05, 0) is 36.8 Å².